The minimum absolute atomic E-state index is 0.654. The molecule has 0 amide bonds. The molecule has 1 aromatic rings. The van der Waals surface area contributed by atoms with Crippen molar-refractivity contribution in [1.82, 2.24) is 0 Å². The molecule has 0 spiro atoms. The van der Waals surface area contributed by atoms with Gasteiger partial charge in [-0.1, -0.05) is 39.7 Å². The second-order valence-corrected chi connectivity index (χ2v) is 10.4. The number of carboxylic acid groups (broad SMARTS) is 1. The molecule has 17 heteroatoms. The number of benzene rings is 1. The van der Waals surface area contributed by atoms with E-state index in [1.807, 2.05) is 19.1 Å². The topological polar surface area (TPSA) is 266 Å². The molecule has 11 atom stereocenters. The van der Waals surface area contributed by atoms with E-state index in [1.54, 1.807) is 12.1 Å². The van der Waals surface area contributed by atoms with E-state index < -0.39 is 85.0 Å². The molecule has 2 aliphatic heterocycles. The number of aliphatic carboxylic acids is 1. The fourth-order valence-electron chi connectivity index (χ4n) is 4.44. The molecule has 5 N–H and O–H groups in total. The van der Waals surface area contributed by atoms with Gasteiger partial charge >= 0.3 is 0 Å². The first kappa shape index (κ1) is 30.9. The molecule has 3 unspecified atom stereocenters. The molecule has 214 valence electrons. The van der Waals surface area contributed by atoms with Crippen molar-refractivity contribution in [3.05, 3.63) is 50.7 Å². The van der Waals surface area contributed by atoms with Crippen LogP contribution in [0, 0.1) is 6.92 Å². The first-order valence-electron chi connectivity index (χ1n) is 11.8. The maximum Gasteiger partial charge on any atom is 0.212 e. The molecule has 0 aliphatic carbocycles. The van der Waals surface area contributed by atoms with Crippen LogP contribution in [0.15, 0.2) is 39.4 Å². The van der Waals surface area contributed by atoms with Crippen LogP contribution in [0.25, 0.3) is 20.9 Å². The Hall–Kier alpha value is -2.66. The Labute approximate surface area is 226 Å². The summed E-state index contributed by atoms with van der Waals surface area (Å²) in [6.45, 7) is 2.36. The predicted octanol–water partition coefficient (Wildman–Crippen LogP) is -0.754. The van der Waals surface area contributed by atoms with Gasteiger partial charge in [0.25, 0.3) is 0 Å². The lowest BCUT2D eigenvalue weighted by Gasteiger charge is -2.51. The lowest BCUT2D eigenvalue weighted by molar-refractivity contribution is -0.395. The number of carbonyl (C=O) groups excluding carboxylic acids is 1. The Bertz CT molecular complexity index is 1080. The van der Waals surface area contributed by atoms with Crippen LogP contribution in [0.2, 0.25) is 0 Å². The number of carbonyl (C=O) groups is 1. The van der Waals surface area contributed by atoms with Crippen molar-refractivity contribution in [3.63, 3.8) is 0 Å². The molecular formula is C22H29N6O10S-. The van der Waals surface area contributed by atoms with Gasteiger partial charge in [0, 0.05) is 21.1 Å². The second-order valence-electron chi connectivity index (χ2n) is 9.25. The fraction of sp³-hybridized carbons (Fsp3) is 0.682. The number of aryl methyl sites for hydroxylation is 1. The molecule has 2 heterocycles. The number of carboxylic acids is 1. The standard InChI is InChI=1S/C22H30N6O10S/c1-9-3-5-11(6-4-9)39-20-17(33)19(16(32)13(8-29)36-20)38-22(21(34)35)7-12(31)15(26-28-24)18(37-22)14(10(2)30)25-27-23/h3-6,10,12-20,29-33H,7-8H2,1-2H3,(H,34,35)/p-1/t10-,12-,13?,14-,15-,16+,17?,18?,19+,20+,22+/m1/s1. The van der Waals surface area contributed by atoms with E-state index in [9.17, 15) is 35.4 Å². The maximum absolute atomic E-state index is 12.4. The smallest absolute Gasteiger partial charge is 0.212 e. The SMILES string of the molecule is Cc1ccc(S[C@@H]2OC(CO)[C@H](O)[C@H](O[C@]3(C(=O)[O-])C[C@@H](O)[C@@H](N=[N+]=[N-])C([C@H](N=[N+]=[N-])[C@@H](C)O)O3)C2O)cc1. The van der Waals surface area contributed by atoms with E-state index in [0.717, 1.165) is 17.3 Å². The minimum Gasteiger partial charge on any atom is -0.544 e. The average molecular weight is 570 g/mol. The quantitative estimate of drug-likeness (QED) is 0.133. The van der Waals surface area contributed by atoms with Gasteiger partial charge in [0.15, 0.2) is 0 Å². The number of nitrogens with zero attached hydrogens (tertiary/aromatic N) is 6. The number of hydrogen-bond donors (Lipinski definition) is 5. The van der Waals surface area contributed by atoms with Crippen LogP contribution in [-0.2, 0) is 19.0 Å². The van der Waals surface area contributed by atoms with Gasteiger partial charge < -0.3 is 49.6 Å². The molecule has 0 radical (unpaired) electrons. The molecule has 16 nitrogen and oxygen atoms in total. The van der Waals surface area contributed by atoms with Gasteiger partial charge in [0.1, 0.15) is 35.8 Å². The van der Waals surface area contributed by atoms with Crippen molar-refractivity contribution in [2.75, 3.05) is 6.61 Å². The van der Waals surface area contributed by atoms with E-state index in [2.05, 4.69) is 20.1 Å². The van der Waals surface area contributed by atoms with Crippen molar-refractivity contribution in [3.8, 4) is 0 Å². The fourth-order valence-corrected chi connectivity index (χ4v) is 5.49. The van der Waals surface area contributed by atoms with Crippen molar-refractivity contribution < 1.29 is 49.6 Å². The zero-order valence-electron chi connectivity index (χ0n) is 20.9. The zero-order chi connectivity index (χ0) is 28.9. The number of hydrogen-bond acceptors (Lipinski definition) is 13. The summed E-state index contributed by atoms with van der Waals surface area (Å²) in [5.41, 5.74) is 17.7. The molecule has 0 aromatic heterocycles. The third-order valence-electron chi connectivity index (χ3n) is 6.47. The highest BCUT2D eigenvalue weighted by Crippen LogP contribution is 2.40. The third-order valence-corrected chi connectivity index (χ3v) is 7.64. The summed E-state index contributed by atoms with van der Waals surface area (Å²) in [4.78, 5) is 18.3. The van der Waals surface area contributed by atoms with Gasteiger partial charge in [0.05, 0.1) is 37.0 Å². The molecule has 0 bridgehead atoms. The van der Waals surface area contributed by atoms with Gasteiger partial charge in [-0.05, 0) is 37.0 Å². The molecule has 1 aromatic carbocycles. The molecule has 3 rings (SSSR count). The number of azide groups is 2. The summed E-state index contributed by atoms with van der Waals surface area (Å²) >= 11 is 1.03. The van der Waals surface area contributed by atoms with Crippen LogP contribution in [0.3, 0.4) is 0 Å². The largest absolute Gasteiger partial charge is 0.544 e. The van der Waals surface area contributed by atoms with Crippen LogP contribution in [0.5, 0.6) is 0 Å². The number of ether oxygens (including phenoxy) is 3. The van der Waals surface area contributed by atoms with E-state index in [0.29, 0.717) is 4.90 Å². The summed E-state index contributed by atoms with van der Waals surface area (Å²) in [6.07, 6.45) is -12.4. The van der Waals surface area contributed by atoms with Crippen LogP contribution >= 0.6 is 11.8 Å². The van der Waals surface area contributed by atoms with E-state index in [1.165, 1.54) is 6.92 Å². The lowest BCUT2D eigenvalue weighted by Crippen LogP contribution is -2.69. The van der Waals surface area contributed by atoms with Gasteiger partial charge in [0.2, 0.25) is 5.79 Å². The predicted molar refractivity (Wildman–Crippen MR) is 130 cm³/mol. The average Bonchev–Trinajstić information content (AvgIpc) is 2.89. The number of rotatable bonds is 10. The van der Waals surface area contributed by atoms with Crippen LogP contribution in [-0.4, -0.2) is 104 Å². The second kappa shape index (κ2) is 13.1. The third kappa shape index (κ3) is 6.74. The zero-order valence-corrected chi connectivity index (χ0v) is 21.7. The van der Waals surface area contributed by atoms with Crippen molar-refractivity contribution in [2.45, 2.75) is 91.2 Å². The highest BCUT2D eigenvalue weighted by molar-refractivity contribution is 7.99. The highest BCUT2D eigenvalue weighted by Gasteiger charge is 2.56. The van der Waals surface area contributed by atoms with Crippen molar-refractivity contribution in [1.29, 1.82) is 0 Å². The Kier molecular flexibility index (Phi) is 10.4. The highest BCUT2D eigenvalue weighted by atomic mass is 32.2. The Morgan fingerprint density at radius 2 is 1.92 bits per heavy atom. The van der Waals surface area contributed by atoms with E-state index in [-0.39, 0.29) is 0 Å². The molecule has 2 aliphatic rings. The monoisotopic (exact) mass is 569 g/mol. The Morgan fingerprint density at radius 3 is 2.46 bits per heavy atom. The van der Waals surface area contributed by atoms with E-state index >= 15 is 0 Å². The molecule has 0 saturated carbocycles. The Morgan fingerprint density at radius 1 is 1.26 bits per heavy atom. The molecule has 2 saturated heterocycles. The number of thioether (sulfide) groups is 1. The maximum atomic E-state index is 12.4. The number of aliphatic hydroxyl groups excluding tert-OH is 5. The summed E-state index contributed by atoms with van der Waals surface area (Å²) in [7, 11) is 0. The molecular weight excluding hydrogens is 540 g/mol. The van der Waals surface area contributed by atoms with Crippen LogP contribution < -0.4 is 5.11 Å². The van der Waals surface area contributed by atoms with E-state index in [4.69, 9.17) is 25.3 Å². The summed E-state index contributed by atoms with van der Waals surface area (Å²) in [6, 6.07) is 4.06. The first-order chi connectivity index (χ1) is 18.5. The first-order valence-corrected chi connectivity index (χ1v) is 12.7. The normalized spacial score (nSPS) is 36.2. The van der Waals surface area contributed by atoms with Crippen molar-refractivity contribution in [2.24, 2.45) is 10.2 Å². The minimum atomic E-state index is -2.88. The number of aliphatic hydroxyl groups is 5. The van der Waals surface area contributed by atoms with Crippen LogP contribution in [0.4, 0.5) is 0 Å². The Balaban J connectivity index is 1.98. The summed E-state index contributed by atoms with van der Waals surface area (Å²) in [5.74, 6) is -4.92. The molecule has 2 fully saturated rings. The summed E-state index contributed by atoms with van der Waals surface area (Å²) in [5, 5.41) is 71.8. The molecule has 39 heavy (non-hydrogen) atoms. The summed E-state index contributed by atoms with van der Waals surface area (Å²) < 4.78 is 16.9. The van der Waals surface area contributed by atoms with Gasteiger partial charge in [-0.25, -0.2) is 0 Å². The van der Waals surface area contributed by atoms with Gasteiger partial charge in [-0.15, -0.1) is 0 Å². The van der Waals surface area contributed by atoms with Crippen molar-refractivity contribution >= 4 is 17.7 Å². The van der Waals surface area contributed by atoms with Gasteiger partial charge in [-0.3, -0.25) is 0 Å². The van der Waals surface area contributed by atoms with Crippen LogP contribution in [0.1, 0.15) is 18.9 Å². The van der Waals surface area contributed by atoms with Gasteiger partial charge in [-0.2, -0.15) is 0 Å². The lowest BCUT2D eigenvalue weighted by atomic mass is 9.88.